The third-order valence-corrected chi connectivity index (χ3v) is 7.18. The first-order valence-electron chi connectivity index (χ1n) is 12.8. The monoisotopic (exact) mass is 472 g/mol. The highest BCUT2D eigenvalue weighted by Gasteiger charge is 2.28. The fourth-order valence-electron chi connectivity index (χ4n) is 4.86. The van der Waals surface area contributed by atoms with Crippen LogP contribution in [0.4, 0.5) is 5.82 Å². The number of nitrogens with zero attached hydrogens (tertiary/aromatic N) is 3. The van der Waals surface area contributed by atoms with Crippen molar-refractivity contribution in [1.29, 1.82) is 0 Å². The van der Waals surface area contributed by atoms with Crippen molar-refractivity contribution in [2.24, 2.45) is 0 Å². The van der Waals surface area contributed by atoms with Crippen LogP contribution in [0.15, 0.2) is 36.4 Å². The van der Waals surface area contributed by atoms with Crippen LogP contribution in [0.3, 0.4) is 0 Å². The van der Waals surface area contributed by atoms with E-state index in [9.17, 15) is 0 Å². The predicted molar refractivity (Wildman–Crippen MR) is 146 cm³/mol. The van der Waals surface area contributed by atoms with Crippen molar-refractivity contribution >= 4 is 5.82 Å². The van der Waals surface area contributed by atoms with Gasteiger partial charge >= 0.3 is 0 Å². The number of hydrogen-bond donors (Lipinski definition) is 1. The summed E-state index contributed by atoms with van der Waals surface area (Å²) in [6.07, 6.45) is 0. The Hall–Kier alpha value is -2.92. The topological polar surface area (TPSA) is 50.3 Å². The molecule has 2 unspecified atom stereocenters. The molecule has 0 bridgehead atoms. The van der Waals surface area contributed by atoms with Crippen molar-refractivity contribution in [1.82, 2.24) is 15.3 Å². The minimum absolute atomic E-state index is 0.330. The Balaban J connectivity index is 1.78. The Bertz CT molecular complexity index is 1180. The fourth-order valence-corrected chi connectivity index (χ4v) is 4.86. The zero-order chi connectivity index (χ0) is 25.3. The summed E-state index contributed by atoms with van der Waals surface area (Å²) in [5, 5.41) is 3.60. The van der Waals surface area contributed by atoms with Crippen LogP contribution in [0.2, 0.25) is 0 Å². The molecule has 5 nitrogen and oxygen atoms in total. The van der Waals surface area contributed by atoms with Gasteiger partial charge in [-0.15, -0.1) is 0 Å². The highest BCUT2D eigenvalue weighted by atomic mass is 16.5. The molecule has 5 heteroatoms. The zero-order valence-corrected chi connectivity index (χ0v) is 22.6. The summed E-state index contributed by atoms with van der Waals surface area (Å²) in [5.41, 5.74) is 7.99. The minimum atomic E-state index is 0.330. The second kappa shape index (κ2) is 10.4. The van der Waals surface area contributed by atoms with Crippen LogP contribution in [-0.4, -0.2) is 35.1 Å². The normalized spacial score (nSPS) is 18.3. The van der Waals surface area contributed by atoms with Crippen molar-refractivity contribution in [2.75, 3.05) is 18.0 Å². The molecule has 4 rings (SSSR count). The number of rotatable bonds is 6. The van der Waals surface area contributed by atoms with Gasteiger partial charge in [0.15, 0.2) is 5.82 Å². The highest BCUT2D eigenvalue weighted by molar-refractivity contribution is 5.67. The summed E-state index contributed by atoms with van der Waals surface area (Å²) in [7, 11) is 0. The van der Waals surface area contributed by atoms with Crippen LogP contribution < -0.4 is 15.0 Å². The van der Waals surface area contributed by atoms with E-state index in [1.54, 1.807) is 0 Å². The molecule has 186 valence electrons. The van der Waals surface area contributed by atoms with E-state index in [0.29, 0.717) is 24.6 Å². The number of aromatic nitrogens is 2. The van der Waals surface area contributed by atoms with Gasteiger partial charge in [0.1, 0.15) is 18.2 Å². The summed E-state index contributed by atoms with van der Waals surface area (Å²) in [4.78, 5) is 12.7. The van der Waals surface area contributed by atoms with Crippen LogP contribution in [0.25, 0.3) is 11.4 Å². The Labute approximate surface area is 211 Å². The first-order valence-corrected chi connectivity index (χ1v) is 12.8. The van der Waals surface area contributed by atoms with E-state index in [2.05, 4.69) is 102 Å². The van der Waals surface area contributed by atoms with Gasteiger partial charge in [-0.1, -0.05) is 44.2 Å². The summed E-state index contributed by atoms with van der Waals surface area (Å²) >= 11 is 0. The number of ether oxygens (including phenoxy) is 1. The van der Waals surface area contributed by atoms with Gasteiger partial charge in [0.25, 0.3) is 0 Å². The van der Waals surface area contributed by atoms with E-state index in [0.717, 1.165) is 52.9 Å². The molecule has 0 spiro atoms. The van der Waals surface area contributed by atoms with Gasteiger partial charge in [0, 0.05) is 30.7 Å². The maximum atomic E-state index is 6.46. The summed E-state index contributed by atoms with van der Waals surface area (Å²) < 4.78 is 6.46. The number of piperazine rings is 1. The molecule has 2 heterocycles. The van der Waals surface area contributed by atoms with Crippen molar-refractivity contribution < 1.29 is 4.74 Å². The zero-order valence-electron chi connectivity index (χ0n) is 22.6. The molecule has 2 aromatic carbocycles. The fraction of sp³-hybridized carbons (Fsp3) is 0.467. The van der Waals surface area contributed by atoms with E-state index in [1.165, 1.54) is 16.7 Å². The molecule has 35 heavy (non-hydrogen) atoms. The van der Waals surface area contributed by atoms with Crippen molar-refractivity contribution in [2.45, 2.75) is 80.0 Å². The maximum absolute atomic E-state index is 6.46. The largest absolute Gasteiger partial charge is 0.488 e. The molecule has 2 atom stereocenters. The number of aryl methyl sites for hydroxylation is 4. The molecule has 1 aliphatic rings. The molecule has 1 aromatic heterocycles. The second-order valence-electron chi connectivity index (χ2n) is 10.5. The molecule has 0 saturated carbocycles. The van der Waals surface area contributed by atoms with E-state index < -0.39 is 0 Å². The SMILES string of the molecule is Cc1ccc(C(C)C)cc1OCc1c(C)nc(-c2c(C)cccc2C)nc1N1CC(C)NCC1C. The minimum Gasteiger partial charge on any atom is -0.488 e. The Morgan fingerprint density at radius 2 is 1.71 bits per heavy atom. The van der Waals surface area contributed by atoms with Gasteiger partial charge in [-0.2, -0.15) is 0 Å². The Kier molecular flexibility index (Phi) is 7.46. The summed E-state index contributed by atoms with van der Waals surface area (Å²) in [5.74, 6) is 3.18. The molecule has 1 saturated heterocycles. The lowest BCUT2D eigenvalue weighted by Crippen LogP contribution is -2.55. The number of benzene rings is 2. The molecule has 0 amide bonds. The van der Waals surface area contributed by atoms with E-state index in [1.807, 2.05) is 0 Å². The van der Waals surface area contributed by atoms with Crippen molar-refractivity contribution in [3.63, 3.8) is 0 Å². The quantitative estimate of drug-likeness (QED) is 0.458. The molecule has 0 aliphatic carbocycles. The first-order chi connectivity index (χ1) is 16.7. The number of hydrogen-bond acceptors (Lipinski definition) is 5. The van der Waals surface area contributed by atoms with Gasteiger partial charge in [0.05, 0.1) is 11.3 Å². The molecule has 1 aliphatic heterocycles. The molecular formula is C30H40N4O. The standard InChI is InChI=1S/C30H40N4O/c1-18(2)25-13-12-19(3)27(14-25)35-17-26-24(8)32-29(28-20(4)10-9-11-21(28)5)33-30(26)34-16-22(6)31-15-23(34)7/h9-14,18,22-23,31H,15-17H2,1-8H3. The number of anilines is 1. The lowest BCUT2D eigenvalue weighted by atomic mass is 10.0. The van der Waals surface area contributed by atoms with E-state index in [4.69, 9.17) is 14.7 Å². The second-order valence-corrected chi connectivity index (χ2v) is 10.5. The lowest BCUT2D eigenvalue weighted by Gasteiger charge is -2.39. The highest BCUT2D eigenvalue weighted by Crippen LogP contribution is 2.32. The first kappa shape index (κ1) is 25.2. The van der Waals surface area contributed by atoms with Gasteiger partial charge in [0.2, 0.25) is 0 Å². The third-order valence-electron chi connectivity index (χ3n) is 7.18. The van der Waals surface area contributed by atoms with Crippen molar-refractivity contribution in [3.05, 3.63) is 69.9 Å². The van der Waals surface area contributed by atoms with E-state index in [-0.39, 0.29) is 0 Å². The predicted octanol–water partition coefficient (Wildman–Crippen LogP) is 6.27. The summed E-state index contributed by atoms with van der Waals surface area (Å²) in [6.45, 7) is 19.7. The van der Waals surface area contributed by atoms with Gasteiger partial charge in [-0.3, -0.25) is 0 Å². The van der Waals surface area contributed by atoms with Crippen LogP contribution in [0, 0.1) is 27.7 Å². The van der Waals surface area contributed by atoms with Crippen LogP contribution in [0.1, 0.15) is 67.1 Å². The van der Waals surface area contributed by atoms with Crippen LogP contribution >= 0.6 is 0 Å². The molecular weight excluding hydrogens is 432 g/mol. The Morgan fingerprint density at radius 1 is 1.00 bits per heavy atom. The van der Waals surface area contributed by atoms with Crippen molar-refractivity contribution in [3.8, 4) is 17.1 Å². The molecule has 1 fully saturated rings. The average Bonchev–Trinajstić information content (AvgIpc) is 2.80. The maximum Gasteiger partial charge on any atom is 0.162 e. The van der Waals surface area contributed by atoms with Crippen LogP contribution in [0.5, 0.6) is 5.75 Å². The molecule has 3 aromatic rings. The Morgan fingerprint density at radius 3 is 2.40 bits per heavy atom. The summed E-state index contributed by atoms with van der Waals surface area (Å²) in [6, 6.07) is 13.6. The van der Waals surface area contributed by atoms with Gasteiger partial charge < -0.3 is 15.0 Å². The van der Waals surface area contributed by atoms with Gasteiger partial charge in [-0.25, -0.2) is 9.97 Å². The smallest absolute Gasteiger partial charge is 0.162 e. The average molecular weight is 473 g/mol. The van der Waals surface area contributed by atoms with Gasteiger partial charge in [-0.05, 0) is 75.8 Å². The lowest BCUT2D eigenvalue weighted by molar-refractivity contribution is 0.301. The third kappa shape index (κ3) is 5.35. The van der Waals surface area contributed by atoms with Crippen LogP contribution in [-0.2, 0) is 6.61 Å². The number of nitrogens with one attached hydrogen (secondary N) is 1. The molecule has 0 radical (unpaired) electrons. The van der Waals surface area contributed by atoms with E-state index >= 15 is 0 Å². The molecule has 1 N–H and O–H groups in total.